The molecule has 0 saturated carbocycles. The first-order chi connectivity index (χ1) is 7.73. The molecule has 0 aromatic carbocycles. The van der Waals surface area contributed by atoms with E-state index in [1.807, 2.05) is 27.7 Å². The Morgan fingerprint density at radius 3 is 2.18 bits per heavy atom. The lowest BCUT2D eigenvalue weighted by Gasteiger charge is -2.21. The van der Waals surface area contributed by atoms with Crippen LogP contribution in [0.2, 0.25) is 5.82 Å². The second-order valence-electron chi connectivity index (χ2n) is 4.88. The molecule has 0 aromatic heterocycles. The van der Waals surface area contributed by atoms with Gasteiger partial charge in [0.1, 0.15) is 5.25 Å². The molecule has 1 unspecified atom stereocenters. The standard InChI is InChI=1S/C11H22BNO3S/c1-7(2)12-13(5)10(14)6-9(11(15)16)17-8(3)4/h7-9,12H,6H2,1-5H3,(H,15,16). The summed E-state index contributed by atoms with van der Waals surface area (Å²) in [7, 11) is 2.39. The molecule has 0 aliphatic heterocycles. The van der Waals surface area contributed by atoms with Crippen LogP contribution >= 0.6 is 11.8 Å². The number of aliphatic carboxylic acids is 1. The highest BCUT2D eigenvalue weighted by atomic mass is 32.2. The quantitative estimate of drug-likeness (QED) is 0.706. The van der Waals surface area contributed by atoms with Crippen molar-refractivity contribution in [3.05, 3.63) is 0 Å². The molecule has 0 aliphatic rings. The molecular formula is C11H22BNO3S. The second kappa shape index (κ2) is 7.64. The van der Waals surface area contributed by atoms with Gasteiger partial charge in [0.2, 0.25) is 13.3 Å². The van der Waals surface area contributed by atoms with Crippen molar-refractivity contribution in [3.63, 3.8) is 0 Å². The zero-order chi connectivity index (χ0) is 13.6. The first kappa shape index (κ1) is 16.4. The summed E-state index contributed by atoms with van der Waals surface area (Å²) in [6.07, 6.45) is 0.0708. The van der Waals surface area contributed by atoms with Crippen molar-refractivity contribution in [1.82, 2.24) is 4.81 Å². The normalized spacial score (nSPS) is 12.6. The van der Waals surface area contributed by atoms with Crippen molar-refractivity contribution < 1.29 is 14.7 Å². The van der Waals surface area contributed by atoms with Gasteiger partial charge in [0.05, 0.1) is 0 Å². The van der Waals surface area contributed by atoms with E-state index in [9.17, 15) is 9.59 Å². The summed E-state index contributed by atoms with van der Waals surface area (Å²) >= 11 is 1.33. The van der Waals surface area contributed by atoms with Gasteiger partial charge in [-0.25, -0.2) is 0 Å². The van der Waals surface area contributed by atoms with Crippen LogP contribution in [0, 0.1) is 0 Å². The van der Waals surface area contributed by atoms with E-state index in [0.29, 0.717) is 13.2 Å². The molecule has 0 radical (unpaired) electrons. The van der Waals surface area contributed by atoms with Crippen molar-refractivity contribution in [3.8, 4) is 0 Å². The number of carboxylic acid groups (broad SMARTS) is 1. The third-order valence-corrected chi connectivity index (χ3v) is 3.38. The summed E-state index contributed by atoms with van der Waals surface area (Å²) in [6, 6.07) is 0. The summed E-state index contributed by atoms with van der Waals surface area (Å²) in [5.41, 5.74) is 0. The van der Waals surface area contributed by atoms with E-state index in [0.717, 1.165) is 0 Å². The molecular weight excluding hydrogens is 237 g/mol. The maximum absolute atomic E-state index is 11.8. The first-order valence-corrected chi connectivity index (χ1v) is 6.80. The monoisotopic (exact) mass is 259 g/mol. The molecule has 0 bridgehead atoms. The van der Waals surface area contributed by atoms with Crippen molar-refractivity contribution in [2.75, 3.05) is 7.05 Å². The predicted octanol–water partition coefficient (Wildman–Crippen LogP) is 1.61. The molecule has 0 heterocycles. The van der Waals surface area contributed by atoms with Gasteiger partial charge in [0.25, 0.3) is 0 Å². The number of carboxylic acids is 1. The number of hydrogen-bond acceptors (Lipinski definition) is 3. The summed E-state index contributed by atoms with van der Waals surface area (Å²) in [6.45, 7) is 7.93. The van der Waals surface area contributed by atoms with Crippen LogP contribution in [0.15, 0.2) is 0 Å². The molecule has 6 heteroatoms. The Morgan fingerprint density at radius 1 is 1.29 bits per heavy atom. The molecule has 0 fully saturated rings. The van der Waals surface area contributed by atoms with Crippen LogP contribution in [-0.4, -0.2) is 46.8 Å². The highest BCUT2D eigenvalue weighted by molar-refractivity contribution is 8.01. The zero-order valence-electron chi connectivity index (χ0n) is 11.3. The molecule has 0 spiro atoms. The van der Waals surface area contributed by atoms with Crippen molar-refractivity contribution in [2.24, 2.45) is 0 Å². The van der Waals surface area contributed by atoms with E-state index in [-0.39, 0.29) is 17.6 Å². The minimum Gasteiger partial charge on any atom is -0.480 e. The fourth-order valence-electron chi connectivity index (χ4n) is 1.49. The number of carbonyl (C=O) groups excluding carboxylic acids is 1. The Bertz CT molecular complexity index is 271. The average molecular weight is 259 g/mol. The number of nitrogens with zero attached hydrogens (tertiary/aromatic N) is 1. The number of amides is 1. The van der Waals surface area contributed by atoms with Crippen molar-refractivity contribution >= 4 is 31.1 Å². The topological polar surface area (TPSA) is 57.6 Å². The van der Waals surface area contributed by atoms with Crippen molar-refractivity contribution in [1.29, 1.82) is 0 Å². The summed E-state index contributed by atoms with van der Waals surface area (Å²) < 4.78 is 0. The Hall–Kier alpha value is -0.645. The summed E-state index contributed by atoms with van der Waals surface area (Å²) in [4.78, 5) is 24.5. The van der Waals surface area contributed by atoms with Crippen LogP contribution in [0.5, 0.6) is 0 Å². The van der Waals surface area contributed by atoms with E-state index in [1.165, 1.54) is 11.8 Å². The second-order valence-corrected chi connectivity index (χ2v) is 6.67. The lowest BCUT2D eigenvalue weighted by molar-refractivity contribution is -0.138. The number of hydrogen-bond donors (Lipinski definition) is 1. The van der Waals surface area contributed by atoms with Gasteiger partial charge in [-0.05, 0) is 12.3 Å². The minimum absolute atomic E-state index is 0.0708. The van der Waals surface area contributed by atoms with Crippen LogP contribution in [0.4, 0.5) is 0 Å². The fraction of sp³-hybridized carbons (Fsp3) is 0.818. The van der Waals surface area contributed by atoms with Crippen LogP contribution < -0.4 is 0 Å². The first-order valence-electron chi connectivity index (χ1n) is 5.86. The average Bonchev–Trinajstić information content (AvgIpc) is 2.14. The van der Waals surface area contributed by atoms with Gasteiger partial charge in [-0.15, -0.1) is 11.8 Å². The molecule has 0 aromatic rings. The Labute approximate surface area is 108 Å². The third-order valence-electron chi connectivity index (χ3n) is 2.14. The molecule has 1 amide bonds. The van der Waals surface area contributed by atoms with Crippen LogP contribution in [0.1, 0.15) is 34.1 Å². The lowest BCUT2D eigenvalue weighted by atomic mass is 9.76. The number of rotatable bonds is 7. The van der Waals surface area contributed by atoms with Crippen LogP contribution in [0.3, 0.4) is 0 Å². The third kappa shape index (κ3) is 7.31. The minimum atomic E-state index is -0.907. The zero-order valence-corrected chi connectivity index (χ0v) is 12.1. The number of thioether (sulfide) groups is 1. The van der Waals surface area contributed by atoms with E-state index >= 15 is 0 Å². The van der Waals surface area contributed by atoms with E-state index in [2.05, 4.69) is 0 Å². The maximum atomic E-state index is 11.8. The highest BCUT2D eigenvalue weighted by Crippen LogP contribution is 2.21. The predicted molar refractivity (Wildman–Crippen MR) is 73.8 cm³/mol. The Kier molecular flexibility index (Phi) is 7.35. The molecule has 17 heavy (non-hydrogen) atoms. The molecule has 0 rings (SSSR count). The number of carbonyl (C=O) groups is 2. The Balaban J connectivity index is 4.35. The van der Waals surface area contributed by atoms with Gasteiger partial charge in [0, 0.05) is 6.42 Å². The van der Waals surface area contributed by atoms with E-state index in [1.54, 1.807) is 11.9 Å². The van der Waals surface area contributed by atoms with Crippen LogP contribution in [-0.2, 0) is 9.59 Å². The maximum Gasteiger partial charge on any atom is 0.317 e. The van der Waals surface area contributed by atoms with Crippen molar-refractivity contribution in [2.45, 2.75) is 50.4 Å². The highest BCUT2D eigenvalue weighted by Gasteiger charge is 2.24. The van der Waals surface area contributed by atoms with E-state index < -0.39 is 11.2 Å². The molecule has 0 aliphatic carbocycles. The van der Waals surface area contributed by atoms with Gasteiger partial charge in [-0.3, -0.25) is 9.59 Å². The van der Waals surface area contributed by atoms with Crippen LogP contribution in [0.25, 0.3) is 0 Å². The van der Waals surface area contributed by atoms with Gasteiger partial charge in [-0.1, -0.05) is 33.5 Å². The summed E-state index contributed by atoms with van der Waals surface area (Å²) in [5, 5.41) is 8.61. The largest absolute Gasteiger partial charge is 0.480 e. The van der Waals surface area contributed by atoms with Gasteiger partial charge < -0.3 is 9.92 Å². The van der Waals surface area contributed by atoms with Gasteiger partial charge >= 0.3 is 5.97 Å². The lowest BCUT2D eigenvalue weighted by Crippen LogP contribution is -2.35. The molecule has 4 nitrogen and oxygen atoms in total. The SMILES string of the molecule is CC(C)BN(C)C(=O)CC(SC(C)C)C(=O)O. The summed E-state index contributed by atoms with van der Waals surface area (Å²) in [5.74, 6) is -0.612. The Morgan fingerprint density at radius 2 is 1.82 bits per heavy atom. The fourth-order valence-corrected chi connectivity index (χ4v) is 2.50. The molecule has 98 valence electrons. The smallest absolute Gasteiger partial charge is 0.317 e. The van der Waals surface area contributed by atoms with Gasteiger partial charge in [0.15, 0.2) is 0 Å². The molecule has 0 saturated heterocycles. The van der Waals surface area contributed by atoms with Gasteiger partial charge in [-0.2, -0.15) is 0 Å². The molecule has 1 atom stereocenters. The van der Waals surface area contributed by atoms with E-state index in [4.69, 9.17) is 5.11 Å². The molecule has 1 N–H and O–H groups in total.